The van der Waals surface area contributed by atoms with E-state index in [-0.39, 0.29) is 12.3 Å². The molecule has 0 aliphatic carbocycles. The summed E-state index contributed by atoms with van der Waals surface area (Å²) in [6.45, 7) is 0. The number of benzene rings is 1. The van der Waals surface area contributed by atoms with E-state index in [0.717, 1.165) is 5.56 Å². The molecule has 0 aliphatic heterocycles. The Kier molecular flexibility index (Phi) is 3.35. The predicted octanol–water partition coefficient (Wildman–Crippen LogP) is 1.90. The van der Waals surface area contributed by atoms with Crippen LogP contribution < -0.4 is 10.5 Å². The molecule has 1 heterocycles. The largest absolute Gasteiger partial charge is 0.439 e. The van der Waals surface area contributed by atoms with E-state index in [4.69, 9.17) is 10.5 Å². The highest BCUT2D eigenvalue weighted by atomic mass is 16.5. The summed E-state index contributed by atoms with van der Waals surface area (Å²) >= 11 is 0. The summed E-state index contributed by atoms with van der Waals surface area (Å²) in [7, 11) is 0. The molecule has 0 saturated carbocycles. The van der Waals surface area contributed by atoms with Crippen LogP contribution >= 0.6 is 0 Å². The third-order valence-corrected chi connectivity index (χ3v) is 2.14. The molecule has 4 heteroatoms. The second-order valence-corrected chi connectivity index (χ2v) is 3.56. The number of rotatable bonds is 4. The van der Waals surface area contributed by atoms with Crippen molar-refractivity contribution >= 4 is 5.91 Å². The van der Waals surface area contributed by atoms with Crippen LogP contribution in [-0.4, -0.2) is 10.9 Å². The Morgan fingerprint density at radius 2 is 2.12 bits per heavy atom. The molecule has 0 aliphatic rings. The zero-order chi connectivity index (χ0) is 12.1. The van der Waals surface area contributed by atoms with Gasteiger partial charge in [0.15, 0.2) is 0 Å². The first-order valence-electron chi connectivity index (χ1n) is 5.20. The molecule has 17 heavy (non-hydrogen) atoms. The standard InChI is InChI=1S/C13H12N2O2/c14-12(16)9-10-4-3-5-11(8-10)17-13-6-1-2-7-15-13/h1-8H,9H2,(H2,14,16). The quantitative estimate of drug-likeness (QED) is 0.869. The SMILES string of the molecule is NC(=O)Cc1cccc(Oc2ccccn2)c1. The molecule has 0 radical (unpaired) electrons. The highest BCUT2D eigenvalue weighted by Gasteiger charge is 2.02. The van der Waals surface area contributed by atoms with E-state index in [2.05, 4.69) is 4.98 Å². The highest BCUT2D eigenvalue weighted by Crippen LogP contribution is 2.20. The average molecular weight is 228 g/mol. The van der Waals surface area contributed by atoms with Gasteiger partial charge in [-0.2, -0.15) is 0 Å². The number of aromatic nitrogens is 1. The van der Waals surface area contributed by atoms with Gasteiger partial charge in [-0.15, -0.1) is 0 Å². The lowest BCUT2D eigenvalue weighted by Crippen LogP contribution is -2.13. The Hall–Kier alpha value is -2.36. The van der Waals surface area contributed by atoms with Gasteiger partial charge in [-0.05, 0) is 23.8 Å². The molecule has 1 amide bonds. The monoisotopic (exact) mass is 228 g/mol. The summed E-state index contributed by atoms with van der Waals surface area (Å²) in [6, 6.07) is 12.7. The van der Waals surface area contributed by atoms with Crippen LogP contribution in [0.3, 0.4) is 0 Å². The molecule has 0 saturated heterocycles. The van der Waals surface area contributed by atoms with Crippen LogP contribution in [0.4, 0.5) is 0 Å². The summed E-state index contributed by atoms with van der Waals surface area (Å²) in [5.41, 5.74) is 5.96. The predicted molar refractivity (Wildman–Crippen MR) is 63.7 cm³/mol. The fourth-order valence-corrected chi connectivity index (χ4v) is 1.45. The summed E-state index contributed by atoms with van der Waals surface area (Å²) in [5.74, 6) is 0.797. The van der Waals surface area contributed by atoms with Gasteiger partial charge in [0.2, 0.25) is 11.8 Å². The average Bonchev–Trinajstić information content (AvgIpc) is 2.30. The molecule has 2 rings (SSSR count). The number of pyridine rings is 1. The Balaban J connectivity index is 2.14. The first-order chi connectivity index (χ1) is 8.24. The van der Waals surface area contributed by atoms with Gasteiger partial charge in [0.1, 0.15) is 5.75 Å². The van der Waals surface area contributed by atoms with Crippen molar-refractivity contribution < 1.29 is 9.53 Å². The van der Waals surface area contributed by atoms with Crippen molar-refractivity contribution in [2.24, 2.45) is 5.73 Å². The molecule has 86 valence electrons. The molecule has 0 spiro atoms. The lowest BCUT2D eigenvalue weighted by atomic mass is 10.1. The normalized spacial score (nSPS) is 9.88. The lowest BCUT2D eigenvalue weighted by molar-refractivity contribution is -0.117. The summed E-state index contributed by atoms with van der Waals surface area (Å²) in [4.78, 5) is 14.9. The zero-order valence-electron chi connectivity index (χ0n) is 9.17. The number of hydrogen-bond acceptors (Lipinski definition) is 3. The number of carbonyl (C=O) groups excluding carboxylic acids is 1. The van der Waals surface area contributed by atoms with Crippen molar-refractivity contribution in [3.63, 3.8) is 0 Å². The van der Waals surface area contributed by atoms with Gasteiger partial charge in [0, 0.05) is 12.3 Å². The van der Waals surface area contributed by atoms with Crippen LogP contribution in [0.2, 0.25) is 0 Å². The number of ether oxygens (including phenoxy) is 1. The van der Waals surface area contributed by atoms with Crippen molar-refractivity contribution in [2.75, 3.05) is 0 Å². The molecular weight excluding hydrogens is 216 g/mol. The number of carbonyl (C=O) groups is 1. The third-order valence-electron chi connectivity index (χ3n) is 2.14. The van der Waals surface area contributed by atoms with E-state index >= 15 is 0 Å². The van der Waals surface area contributed by atoms with E-state index in [9.17, 15) is 4.79 Å². The van der Waals surface area contributed by atoms with Crippen molar-refractivity contribution in [2.45, 2.75) is 6.42 Å². The summed E-state index contributed by atoms with van der Waals surface area (Å²) in [6.07, 6.45) is 1.86. The van der Waals surface area contributed by atoms with Gasteiger partial charge in [0.25, 0.3) is 0 Å². The van der Waals surface area contributed by atoms with Gasteiger partial charge in [-0.1, -0.05) is 18.2 Å². The summed E-state index contributed by atoms with van der Waals surface area (Å²) < 4.78 is 5.54. The topological polar surface area (TPSA) is 65.2 Å². The van der Waals surface area contributed by atoms with Crippen molar-refractivity contribution in [3.8, 4) is 11.6 Å². The number of hydrogen-bond donors (Lipinski definition) is 1. The fraction of sp³-hybridized carbons (Fsp3) is 0.0769. The molecule has 4 nitrogen and oxygen atoms in total. The van der Waals surface area contributed by atoms with E-state index < -0.39 is 0 Å². The molecule has 0 atom stereocenters. The second-order valence-electron chi connectivity index (χ2n) is 3.56. The van der Waals surface area contributed by atoms with Gasteiger partial charge < -0.3 is 10.5 Å². The van der Waals surface area contributed by atoms with Gasteiger partial charge in [-0.3, -0.25) is 4.79 Å². The minimum atomic E-state index is -0.361. The van der Waals surface area contributed by atoms with Crippen molar-refractivity contribution in [1.82, 2.24) is 4.98 Å². The molecule has 0 fully saturated rings. The van der Waals surface area contributed by atoms with Crippen LogP contribution in [0.5, 0.6) is 11.6 Å². The van der Waals surface area contributed by atoms with E-state index in [1.54, 1.807) is 24.4 Å². The van der Waals surface area contributed by atoms with E-state index in [0.29, 0.717) is 11.6 Å². The summed E-state index contributed by atoms with van der Waals surface area (Å²) in [5, 5.41) is 0. The Morgan fingerprint density at radius 1 is 1.24 bits per heavy atom. The molecule has 1 aromatic carbocycles. The first kappa shape index (κ1) is 11.1. The fourth-order valence-electron chi connectivity index (χ4n) is 1.45. The molecule has 0 bridgehead atoms. The van der Waals surface area contributed by atoms with Crippen LogP contribution in [0.1, 0.15) is 5.56 Å². The van der Waals surface area contributed by atoms with Crippen LogP contribution in [-0.2, 0) is 11.2 Å². The Morgan fingerprint density at radius 3 is 2.82 bits per heavy atom. The number of nitrogens with zero attached hydrogens (tertiary/aromatic N) is 1. The number of amides is 1. The zero-order valence-corrected chi connectivity index (χ0v) is 9.17. The minimum Gasteiger partial charge on any atom is -0.439 e. The third kappa shape index (κ3) is 3.31. The molecule has 0 unspecified atom stereocenters. The van der Waals surface area contributed by atoms with Gasteiger partial charge in [-0.25, -0.2) is 4.98 Å². The van der Waals surface area contributed by atoms with Crippen LogP contribution in [0, 0.1) is 0 Å². The second kappa shape index (κ2) is 5.12. The smallest absolute Gasteiger partial charge is 0.221 e. The van der Waals surface area contributed by atoms with Crippen LogP contribution in [0.25, 0.3) is 0 Å². The minimum absolute atomic E-state index is 0.208. The Bertz CT molecular complexity index is 512. The molecule has 1 aromatic heterocycles. The molecule has 2 N–H and O–H groups in total. The van der Waals surface area contributed by atoms with Crippen molar-refractivity contribution in [3.05, 3.63) is 54.2 Å². The van der Waals surface area contributed by atoms with Crippen molar-refractivity contribution in [1.29, 1.82) is 0 Å². The highest BCUT2D eigenvalue weighted by molar-refractivity contribution is 5.76. The molecule has 2 aromatic rings. The molecular formula is C13H12N2O2. The Labute approximate surface area is 99.1 Å². The van der Waals surface area contributed by atoms with E-state index in [1.165, 1.54) is 0 Å². The van der Waals surface area contributed by atoms with E-state index in [1.807, 2.05) is 24.3 Å². The maximum absolute atomic E-state index is 10.8. The van der Waals surface area contributed by atoms with Gasteiger partial charge >= 0.3 is 0 Å². The number of primary amides is 1. The van der Waals surface area contributed by atoms with Gasteiger partial charge in [0.05, 0.1) is 6.42 Å². The maximum atomic E-state index is 10.8. The lowest BCUT2D eigenvalue weighted by Gasteiger charge is -2.05. The van der Waals surface area contributed by atoms with Crippen LogP contribution in [0.15, 0.2) is 48.7 Å². The first-order valence-corrected chi connectivity index (χ1v) is 5.20. The number of nitrogens with two attached hydrogens (primary N) is 1. The maximum Gasteiger partial charge on any atom is 0.221 e.